The van der Waals surface area contributed by atoms with E-state index < -0.39 is 7.37 Å². The van der Waals surface area contributed by atoms with Gasteiger partial charge in [0.25, 0.3) is 0 Å². The molecule has 2 aromatic carbocycles. The zero-order chi connectivity index (χ0) is 13.0. The van der Waals surface area contributed by atoms with E-state index in [1.807, 2.05) is 54.6 Å². The monoisotopic (exact) mass is 324 g/mol. The number of hydrogen-bond donors (Lipinski definition) is 1. The topological polar surface area (TPSA) is 37.3 Å². The van der Waals surface area contributed by atoms with Gasteiger partial charge in [-0.05, 0) is 23.3 Å². The lowest BCUT2D eigenvalue weighted by atomic mass is 10.2. The van der Waals surface area contributed by atoms with E-state index in [1.165, 1.54) is 0 Å². The van der Waals surface area contributed by atoms with E-state index in [4.69, 9.17) is 0 Å². The molecule has 0 aliphatic rings. The molecule has 1 atom stereocenters. The third-order valence-corrected chi connectivity index (χ3v) is 4.86. The molecule has 0 bridgehead atoms. The largest absolute Gasteiger partial charge is 0.344 e. The van der Waals surface area contributed by atoms with Gasteiger partial charge in [-0.2, -0.15) is 0 Å². The minimum atomic E-state index is -3.17. The molecule has 0 amide bonds. The summed E-state index contributed by atoms with van der Waals surface area (Å²) in [5.74, 6) is 0. The van der Waals surface area contributed by atoms with Crippen LogP contribution in [0.1, 0.15) is 11.1 Å². The molecule has 0 aromatic heterocycles. The van der Waals surface area contributed by atoms with Crippen LogP contribution in [0, 0.1) is 0 Å². The van der Waals surface area contributed by atoms with Crippen LogP contribution >= 0.6 is 23.3 Å². The number of halogens is 1. The maximum absolute atomic E-state index is 12.2. The van der Waals surface area contributed by atoms with Crippen molar-refractivity contribution in [1.29, 1.82) is 0 Å². The fraction of sp³-hybridized carbons (Fsp3) is 0.143. The Morgan fingerprint density at radius 3 is 1.94 bits per heavy atom. The molecule has 94 valence electrons. The van der Waals surface area contributed by atoms with E-state index in [1.54, 1.807) is 0 Å². The highest BCUT2D eigenvalue weighted by molar-refractivity contribution is 9.10. The highest BCUT2D eigenvalue weighted by atomic mass is 79.9. The van der Waals surface area contributed by atoms with E-state index in [0.29, 0.717) is 0 Å². The zero-order valence-corrected chi connectivity index (χ0v) is 12.3. The summed E-state index contributed by atoms with van der Waals surface area (Å²) in [4.78, 5) is 10.0. The van der Waals surface area contributed by atoms with Crippen molar-refractivity contribution in [2.75, 3.05) is 0 Å². The molecule has 2 rings (SSSR count). The van der Waals surface area contributed by atoms with Crippen LogP contribution in [0.5, 0.6) is 0 Å². The van der Waals surface area contributed by atoms with Crippen LogP contribution in [0.3, 0.4) is 0 Å². The normalized spacial score (nSPS) is 14.1. The van der Waals surface area contributed by atoms with Gasteiger partial charge in [-0.1, -0.05) is 58.4 Å². The number of benzene rings is 2. The first-order chi connectivity index (χ1) is 8.55. The molecule has 0 aliphatic carbocycles. The van der Waals surface area contributed by atoms with Crippen LogP contribution in [0.25, 0.3) is 0 Å². The first kappa shape index (κ1) is 13.5. The van der Waals surface area contributed by atoms with E-state index in [2.05, 4.69) is 15.9 Å². The van der Waals surface area contributed by atoms with Crippen molar-refractivity contribution in [2.45, 2.75) is 12.3 Å². The van der Waals surface area contributed by atoms with Gasteiger partial charge in [0.1, 0.15) is 0 Å². The third kappa shape index (κ3) is 4.09. The molecule has 4 heteroatoms. The first-order valence-electron chi connectivity index (χ1n) is 5.64. The van der Waals surface area contributed by atoms with Crippen molar-refractivity contribution in [3.63, 3.8) is 0 Å². The smallest absolute Gasteiger partial charge is 0.209 e. The first-order valence-corrected chi connectivity index (χ1v) is 8.47. The van der Waals surface area contributed by atoms with Crippen molar-refractivity contribution >= 4 is 23.3 Å². The predicted molar refractivity (Wildman–Crippen MR) is 77.8 cm³/mol. The summed E-state index contributed by atoms with van der Waals surface area (Å²) in [5, 5.41) is 0. The maximum Gasteiger partial charge on any atom is 0.209 e. The Labute approximate surface area is 115 Å². The highest BCUT2D eigenvalue weighted by Gasteiger charge is 2.19. The molecule has 0 saturated heterocycles. The molecule has 0 saturated carbocycles. The van der Waals surface area contributed by atoms with Gasteiger partial charge in [0, 0.05) is 16.8 Å². The Bertz CT molecular complexity index is 552. The van der Waals surface area contributed by atoms with Gasteiger partial charge >= 0.3 is 0 Å². The molecule has 2 nitrogen and oxygen atoms in total. The summed E-state index contributed by atoms with van der Waals surface area (Å²) in [6.07, 6.45) is 0.444. The van der Waals surface area contributed by atoms with Gasteiger partial charge in [-0.25, -0.2) is 0 Å². The van der Waals surface area contributed by atoms with Gasteiger partial charge in [0.2, 0.25) is 7.37 Å². The molecule has 0 radical (unpaired) electrons. The molecular formula is C14H14BrO2P. The van der Waals surface area contributed by atoms with Gasteiger partial charge < -0.3 is 4.89 Å². The van der Waals surface area contributed by atoms with Crippen molar-refractivity contribution in [2.24, 2.45) is 0 Å². The summed E-state index contributed by atoms with van der Waals surface area (Å²) in [6.45, 7) is 0. The lowest BCUT2D eigenvalue weighted by Crippen LogP contribution is -1.92. The summed E-state index contributed by atoms with van der Waals surface area (Å²) < 4.78 is 13.2. The molecule has 1 unspecified atom stereocenters. The maximum atomic E-state index is 12.2. The van der Waals surface area contributed by atoms with Crippen LogP contribution in [0.2, 0.25) is 0 Å². The standard InChI is InChI=1S/C14H14BrO2P/c15-14-8-6-13(7-9-14)11-18(16,17)10-12-4-2-1-3-5-12/h1-9H,10-11H2,(H,16,17). The zero-order valence-electron chi connectivity index (χ0n) is 9.79. The molecule has 0 fully saturated rings. The molecule has 1 N–H and O–H groups in total. The molecule has 18 heavy (non-hydrogen) atoms. The van der Waals surface area contributed by atoms with Gasteiger partial charge in [-0.3, -0.25) is 4.57 Å². The lowest BCUT2D eigenvalue weighted by molar-refractivity contribution is 0.475. The Kier molecular flexibility index (Phi) is 4.39. The Morgan fingerprint density at radius 1 is 0.889 bits per heavy atom. The Morgan fingerprint density at radius 2 is 1.39 bits per heavy atom. The minimum Gasteiger partial charge on any atom is -0.344 e. The second-order valence-corrected chi connectivity index (χ2v) is 7.52. The summed E-state index contributed by atoms with van der Waals surface area (Å²) in [7, 11) is -3.17. The summed E-state index contributed by atoms with van der Waals surface area (Å²) in [6, 6.07) is 16.9. The Balaban J connectivity index is 2.08. The summed E-state index contributed by atoms with van der Waals surface area (Å²) in [5.41, 5.74) is 1.79. The average molecular weight is 325 g/mol. The number of hydrogen-bond acceptors (Lipinski definition) is 1. The van der Waals surface area contributed by atoms with Gasteiger partial charge in [0.15, 0.2) is 0 Å². The van der Waals surface area contributed by atoms with Crippen LogP contribution in [0.4, 0.5) is 0 Å². The fourth-order valence-corrected chi connectivity index (χ4v) is 3.74. The SMILES string of the molecule is O=P(O)(Cc1ccccc1)Cc1ccc(Br)cc1. The highest BCUT2D eigenvalue weighted by Crippen LogP contribution is 2.47. The number of rotatable bonds is 4. The Hall–Kier alpha value is -0.890. The molecule has 0 spiro atoms. The van der Waals surface area contributed by atoms with Crippen LogP contribution in [-0.4, -0.2) is 4.89 Å². The van der Waals surface area contributed by atoms with Crippen LogP contribution < -0.4 is 0 Å². The lowest BCUT2D eigenvalue weighted by Gasteiger charge is -2.11. The van der Waals surface area contributed by atoms with E-state index in [9.17, 15) is 9.46 Å². The fourth-order valence-electron chi connectivity index (χ4n) is 1.80. The van der Waals surface area contributed by atoms with E-state index >= 15 is 0 Å². The van der Waals surface area contributed by atoms with E-state index in [0.717, 1.165) is 15.6 Å². The van der Waals surface area contributed by atoms with Crippen molar-refractivity contribution in [3.8, 4) is 0 Å². The van der Waals surface area contributed by atoms with Crippen LogP contribution in [-0.2, 0) is 16.9 Å². The van der Waals surface area contributed by atoms with Crippen molar-refractivity contribution < 1.29 is 9.46 Å². The predicted octanol–water partition coefficient (Wildman–Crippen LogP) is 4.42. The molecule has 0 aliphatic heterocycles. The van der Waals surface area contributed by atoms with E-state index in [-0.39, 0.29) is 12.3 Å². The summed E-state index contributed by atoms with van der Waals surface area (Å²) >= 11 is 3.35. The quantitative estimate of drug-likeness (QED) is 0.845. The molecule has 0 heterocycles. The minimum absolute atomic E-state index is 0.217. The second-order valence-electron chi connectivity index (χ2n) is 4.27. The molecule has 2 aromatic rings. The van der Waals surface area contributed by atoms with Crippen LogP contribution in [0.15, 0.2) is 59.1 Å². The second kappa shape index (κ2) is 5.83. The molecular weight excluding hydrogens is 311 g/mol. The average Bonchev–Trinajstić information content (AvgIpc) is 2.32. The third-order valence-electron chi connectivity index (χ3n) is 2.62. The van der Waals surface area contributed by atoms with Crippen molar-refractivity contribution in [3.05, 3.63) is 70.2 Å². The van der Waals surface area contributed by atoms with Gasteiger partial charge in [0.05, 0.1) is 0 Å². The van der Waals surface area contributed by atoms with Crippen molar-refractivity contribution in [1.82, 2.24) is 0 Å². The van der Waals surface area contributed by atoms with Gasteiger partial charge in [-0.15, -0.1) is 0 Å².